The van der Waals surface area contributed by atoms with Crippen LogP contribution in [0.2, 0.25) is 0 Å². The van der Waals surface area contributed by atoms with Gasteiger partial charge >= 0.3 is 0 Å². The molecule has 1 atom stereocenters. The summed E-state index contributed by atoms with van der Waals surface area (Å²) in [6.07, 6.45) is 6.80. The summed E-state index contributed by atoms with van der Waals surface area (Å²) in [6.45, 7) is 1.63. The van der Waals surface area contributed by atoms with Crippen molar-refractivity contribution in [2.45, 2.75) is 31.9 Å². The third-order valence-corrected chi connectivity index (χ3v) is 4.14. The Morgan fingerprint density at radius 2 is 2.36 bits per heavy atom. The molecule has 0 unspecified atom stereocenters. The molecule has 0 radical (unpaired) electrons. The lowest BCUT2D eigenvalue weighted by molar-refractivity contribution is -0.137. The molecule has 1 aliphatic rings. The van der Waals surface area contributed by atoms with E-state index in [1.165, 1.54) is 0 Å². The minimum atomic E-state index is -0.102. The first-order valence-electron chi connectivity index (χ1n) is 8.51. The van der Waals surface area contributed by atoms with E-state index in [0.717, 1.165) is 31.4 Å². The van der Waals surface area contributed by atoms with Gasteiger partial charge in [0.2, 0.25) is 5.91 Å². The van der Waals surface area contributed by atoms with Gasteiger partial charge in [-0.1, -0.05) is 5.16 Å². The maximum absolute atomic E-state index is 12.2. The molecule has 0 bridgehead atoms. The Bertz CT molecular complexity index is 668. The molecule has 0 aromatic carbocycles. The zero-order chi connectivity index (χ0) is 17.5. The molecule has 2 aromatic rings. The van der Waals surface area contributed by atoms with E-state index in [1.807, 2.05) is 18.2 Å². The topological polar surface area (TPSA) is 77.7 Å². The molecular weight excluding hydrogens is 322 g/mol. The molecule has 1 amide bonds. The number of carbonyl (C=O) groups excluding carboxylic acids is 1. The standard InChI is InChI=1S/C18H23N3O4/c1-21(18(22)13-23-12-15-6-2-3-8-24-15)11-16-9-17(20-25-16)14-5-4-7-19-10-14/h4-5,7,9-10,15H,2-3,6,8,11-13H2,1H3/t15-/m0/s1. The number of pyridine rings is 1. The van der Waals surface area contributed by atoms with Crippen molar-refractivity contribution in [1.29, 1.82) is 0 Å². The SMILES string of the molecule is CN(Cc1cc(-c2cccnc2)no1)C(=O)COC[C@@H]1CCCCO1. The number of rotatable bonds is 7. The molecular formula is C18H23N3O4. The summed E-state index contributed by atoms with van der Waals surface area (Å²) in [5, 5.41) is 4.02. The fraction of sp³-hybridized carbons (Fsp3) is 0.500. The molecule has 2 aromatic heterocycles. The number of nitrogens with zero attached hydrogens (tertiary/aromatic N) is 3. The van der Waals surface area contributed by atoms with E-state index >= 15 is 0 Å². The van der Waals surface area contributed by atoms with Crippen LogP contribution in [0.25, 0.3) is 11.3 Å². The lowest BCUT2D eigenvalue weighted by Crippen LogP contribution is -2.32. The Labute approximate surface area is 146 Å². The van der Waals surface area contributed by atoms with Gasteiger partial charge in [0.1, 0.15) is 12.3 Å². The zero-order valence-electron chi connectivity index (χ0n) is 14.4. The molecule has 1 aliphatic heterocycles. The highest BCUT2D eigenvalue weighted by Crippen LogP contribution is 2.18. The van der Waals surface area contributed by atoms with Crippen LogP contribution in [0.3, 0.4) is 0 Å². The number of carbonyl (C=O) groups is 1. The van der Waals surface area contributed by atoms with E-state index in [9.17, 15) is 4.79 Å². The maximum Gasteiger partial charge on any atom is 0.248 e. The first kappa shape index (κ1) is 17.6. The van der Waals surface area contributed by atoms with Gasteiger partial charge in [0.05, 0.1) is 19.3 Å². The fourth-order valence-corrected chi connectivity index (χ4v) is 2.69. The first-order chi connectivity index (χ1) is 12.2. The molecule has 0 N–H and O–H groups in total. The minimum absolute atomic E-state index is 0.0416. The second kappa shape index (κ2) is 8.73. The van der Waals surface area contributed by atoms with Gasteiger partial charge in [-0.3, -0.25) is 9.78 Å². The molecule has 1 fully saturated rings. The number of ether oxygens (including phenoxy) is 2. The highest BCUT2D eigenvalue weighted by Gasteiger charge is 2.17. The predicted molar refractivity (Wildman–Crippen MR) is 90.6 cm³/mol. The van der Waals surface area contributed by atoms with Crippen molar-refractivity contribution in [2.75, 3.05) is 26.9 Å². The van der Waals surface area contributed by atoms with Crippen LogP contribution in [0, 0.1) is 0 Å². The van der Waals surface area contributed by atoms with Crippen molar-refractivity contribution < 1.29 is 18.8 Å². The smallest absolute Gasteiger partial charge is 0.248 e. The van der Waals surface area contributed by atoms with Crippen LogP contribution in [0.1, 0.15) is 25.0 Å². The van der Waals surface area contributed by atoms with Crippen LogP contribution in [0.5, 0.6) is 0 Å². The largest absolute Gasteiger partial charge is 0.376 e. The molecule has 7 heteroatoms. The van der Waals surface area contributed by atoms with E-state index in [0.29, 0.717) is 24.6 Å². The van der Waals surface area contributed by atoms with Crippen LogP contribution >= 0.6 is 0 Å². The van der Waals surface area contributed by atoms with E-state index in [1.54, 1.807) is 24.3 Å². The summed E-state index contributed by atoms with van der Waals surface area (Å²) in [7, 11) is 1.72. The predicted octanol–water partition coefficient (Wildman–Crippen LogP) is 2.28. The van der Waals surface area contributed by atoms with Crippen molar-refractivity contribution >= 4 is 5.91 Å². The average Bonchev–Trinajstić information content (AvgIpc) is 3.12. The highest BCUT2D eigenvalue weighted by atomic mass is 16.5. The Morgan fingerprint density at radius 3 is 3.12 bits per heavy atom. The Kier molecular flexibility index (Phi) is 6.14. The zero-order valence-corrected chi connectivity index (χ0v) is 14.4. The lowest BCUT2D eigenvalue weighted by atomic mass is 10.1. The first-order valence-corrected chi connectivity index (χ1v) is 8.51. The van der Waals surface area contributed by atoms with Crippen LogP contribution in [-0.4, -0.2) is 53.9 Å². The van der Waals surface area contributed by atoms with Gasteiger partial charge in [-0.25, -0.2) is 0 Å². The Balaban J connectivity index is 1.44. The summed E-state index contributed by atoms with van der Waals surface area (Å²) >= 11 is 0. The third kappa shape index (κ3) is 5.11. The van der Waals surface area contributed by atoms with E-state index < -0.39 is 0 Å². The van der Waals surface area contributed by atoms with E-state index in [2.05, 4.69) is 10.1 Å². The Hall–Kier alpha value is -2.25. The summed E-state index contributed by atoms with van der Waals surface area (Å²) < 4.78 is 16.4. The van der Waals surface area contributed by atoms with E-state index in [-0.39, 0.29) is 18.6 Å². The second-order valence-electron chi connectivity index (χ2n) is 6.17. The summed E-state index contributed by atoms with van der Waals surface area (Å²) in [4.78, 5) is 17.8. The normalized spacial score (nSPS) is 17.4. The minimum Gasteiger partial charge on any atom is -0.376 e. The van der Waals surface area contributed by atoms with Gasteiger partial charge in [0.15, 0.2) is 5.76 Å². The number of aromatic nitrogens is 2. The average molecular weight is 345 g/mol. The second-order valence-corrected chi connectivity index (χ2v) is 6.17. The molecule has 0 saturated carbocycles. The van der Waals surface area contributed by atoms with Crippen molar-refractivity contribution in [2.24, 2.45) is 0 Å². The molecule has 3 rings (SSSR count). The molecule has 134 valence electrons. The van der Waals surface area contributed by atoms with Crippen molar-refractivity contribution in [3.8, 4) is 11.3 Å². The number of hydrogen-bond acceptors (Lipinski definition) is 6. The van der Waals surface area contributed by atoms with Crippen molar-refractivity contribution in [3.63, 3.8) is 0 Å². The number of amides is 1. The number of likely N-dealkylation sites (N-methyl/N-ethyl adjacent to an activating group) is 1. The van der Waals surface area contributed by atoms with Crippen LogP contribution < -0.4 is 0 Å². The molecule has 3 heterocycles. The monoisotopic (exact) mass is 345 g/mol. The van der Waals surface area contributed by atoms with Gasteiger partial charge in [0.25, 0.3) is 0 Å². The third-order valence-electron chi connectivity index (χ3n) is 4.14. The van der Waals surface area contributed by atoms with Gasteiger partial charge in [-0.2, -0.15) is 0 Å². The summed E-state index contributed by atoms with van der Waals surface area (Å²) in [5.74, 6) is 0.514. The molecule has 1 saturated heterocycles. The van der Waals surface area contributed by atoms with Crippen LogP contribution in [-0.2, 0) is 20.8 Å². The van der Waals surface area contributed by atoms with Crippen molar-refractivity contribution in [1.82, 2.24) is 15.0 Å². The molecule has 0 aliphatic carbocycles. The fourth-order valence-electron chi connectivity index (χ4n) is 2.69. The molecule has 7 nitrogen and oxygen atoms in total. The summed E-state index contributed by atoms with van der Waals surface area (Å²) in [5.41, 5.74) is 1.58. The molecule has 0 spiro atoms. The van der Waals surface area contributed by atoms with Gasteiger partial charge in [0, 0.05) is 37.7 Å². The molecule has 25 heavy (non-hydrogen) atoms. The van der Waals surface area contributed by atoms with Gasteiger partial charge in [-0.15, -0.1) is 0 Å². The van der Waals surface area contributed by atoms with Gasteiger partial charge in [-0.05, 0) is 31.4 Å². The maximum atomic E-state index is 12.2. The van der Waals surface area contributed by atoms with Crippen LogP contribution in [0.15, 0.2) is 35.1 Å². The van der Waals surface area contributed by atoms with E-state index in [4.69, 9.17) is 14.0 Å². The lowest BCUT2D eigenvalue weighted by Gasteiger charge is -2.22. The summed E-state index contributed by atoms with van der Waals surface area (Å²) in [6, 6.07) is 5.56. The highest BCUT2D eigenvalue weighted by molar-refractivity contribution is 5.77. The quantitative estimate of drug-likeness (QED) is 0.766. The Morgan fingerprint density at radius 1 is 1.44 bits per heavy atom. The number of hydrogen-bond donors (Lipinski definition) is 0. The van der Waals surface area contributed by atoms with Crippen LogP contribution in [0.4, 0.5) is 0 Å². The van der Waals surface area contributed by atoms with Gasteiger partial charge < -0.3 is 18.9 Å². The van der Waals surface area contributed by atoms with Crippen molar-refractivity contribution in [3.05, 3.63) is 36.4 Å².